The first-order chi connectivity index (χ1) is 7.77. The third-order valence-corrected chi connectivity index (χ3v) is 3.93. The maximum Gasteiger partial charge on any atom is 0.407 e. The van der Waals surface area contributed by atoms with Gasteiger partial charge in [-0.1, -0.05) is 0 Å². The lowest BCUT2D eigenvalue weighted by Crippen LogP contribution is -2.47. The fraction of sp³-hybridized carbons (Fsp3) is 0.917. The minimum Gasteiger partial charge on any atom is -0.465 e. The van der Waals surface area contributed by atoms with Crippen molar-refractivity contribution in [2.24, 2.45) is 0 Å². The Morgan fingerprint density at radius 1 is 1.41 bits per heavy atom. The van der Waals surface area contributed by atoms with Crippen LogP contribution in [0.15, 0.2) is 0 Å². The van der Waals surface area contributed by atoms with Gasteiger partial charge in [0.2, 0.25) is 0 Å². The summed E-state index contributed by atoms with van der Waals surface area (Å²) in [5, 5.41) is 22.5. The molecule has 0 bridgehead atoms. The van der Waals surface area contributed by atoms with E-state index >= 15 is 0 Å². The lowest BCUT2D eigenvalue weighted by molar-refractivity contribution is -0.0112. The highest BCUT2D eigenvalue weighted by Gasteiger charge is 2.34. The van der Waals surface area contributed by atoms with E-state index in [9.17, 15) is 9.90 Å². The summed E-state index contributed by atoms with van der Waals surface area (Å²) in [7, 11) is 1.58. The molecule has 1 fully saturated rings. The minimum absolute atomic E-state index is 0.438. The van der Waals surface area contributed by atoms with E-state index in [0.29, 0.717) is 12.8 Å². The second-order valence-corrected chi connectivity index (χ2v) is 5.63. The minimum atomic E-state index is -0.924. The van der Waals surface area contributed by atoms with Crippen LogP contribution in [0, 0.1) is 0 Å². The van der Waals surface area contributed by atoms with Gasteiger partial charge in [0, 0.05) is 12.6 Å². The molecule has 1 rings (SSSR count). The zero-order valence-electron chi connectivity index (χ0n) is 11.0. The van der Waals surface area contributed by atoms with Crippen molar-refractivity contribution in [3.8, 4) is 0 Å². The normalized spacial score (nSPS) is 20.0. The molecule has 0 spiro atoms. The molecule has 0 radical (unpaired) electrons. The molecule has 0 aromatic heterocycles. The number of piperidine rings is 1. The maximum atomic E-state index is 10.9. The van der Waals surface area contributed by atoms with Crippen LogP contribution in [-0.2, 0) is 0 Å². The maximum absolute atomic E-state index is 10.9. The molecule has 1 amide bonds. The van der Waals surface area contributed by atoms with Gasteiger partial charge in [0.15, 0.2) is 0 Å². The molecule has 17 heavy (non-hydrogen) atoms. The van der Waals surface area contributed by atoms with Gasteiger partial charge in [-0.05, 0) is 52.6 Å². The quantitative estimate of drug-likeness (QED) is 0.696. The Morgan fingerprint density at radius 3 is 2.41 bits per heavy atom. The van der Waals surface area contributed by atoms with Gasteiger partial charge in [0.25, 0.3) is 0 Å². The van der Waals surface area contributed by atoms with Crippen LogP contribution in [-0.4, -0.2) is 52.5 Å². The van der Waals surface area contributed by atoms with Gasteiger partial charge >= 0.3 is 6.09 Å². The van der Waals surface area contributed by atoms with Crippen molar-refractivity contribution >= 4 is 6.09 Å². The fourth-order valence-corrected chi connectivity index (χ4v) is 2.11. The van der Waals surface area contributed by atoms with Crippen LogP contribution in [0.1, 0.15) is 39.5 Å². The topological polar surface area (TPSA) is 72.8 Å². The smallest absolute Gasteiger partial charge is 0.407 e. The van der Waals surface area contributed by atoms with E-state index < -0.39 is 17.2 Å². The van der Waals surface area contributed by atoms with E-state index in [1.54, 1.807) is 7.05 Å². The molecule has 0 aliphatic carbocycles. The standard InChI is InChI=1S/C12H24N2O3/c1-11(2,14(3)10(15)16)4-5-12(17)6-8-13-9-7-12/h13,17H,4-9H2,1-3H3,(H,15,16). The van der Waals surface area contributed by atoms with E-state index in [0.717, 1.165) is 25.9 Å². The summed E-state index contributed by atoms with van der Waals surface area (Å²) in [5.74, 6) is 0. The van der Waals surface area contributed by atoms with E-state index in [1.807, 2.05) is 13.8 Å². The second kappa shape index (κ2) is 5.23. The van der Waals surface area contributed by atoms with Crippen LogP contribution in [0.25, 0.3) is 0 Å². The number of carboxylic acid groups (broad SMARTS) is 1. The van der Waals surface area contributed by atoms with E-state index in [4.69, 9.17) is 5.11 Å². The van der Waals surface area contributed by atoms with Gasteiger partial charge in [-0.2, -0.15) is 0 Å². The molecule has 0 unspecified atom stereocenters. The largest absolute Gasteiger partial charge is 0.465 e. The molecule has 0 aromatic carbocycles. The predicted octanol–water partition coefficient (Wildman–Crippen LogP) is 1.27. The molecule has 0 aromatic rings. The van der Waals surface area contributed by atoms with Gasteiger partial charge in [0.05, 0.1) is 5.60 Å². The van der Waals surface area contributed by atoms with Crippen molar-refractivity contribution in [3.63, 3.8) is 0 Å². The third kappa shape index (κ3) is 3.85. The van der Waals surface area contributed by atoms with Crippen LogP contribution < -0.4 is 5.32 Å². The van der Waals surface area contributed by atoms with Crippen LogP contribution >= 0.6 is 0 Å². The third-order valence-electron chi connectivity index (χ3n) is 3.93. The number of rotatable bonds is 4. The number of amides is 1. The Labute approximate surface area is 103 Å². The number of carbonyl (C=O) groups is 1. The second-order valence-electron chi connectivity index (χ2n) is 5.63. The Morgan fingerprint density at radius 2 is 1.94 bits per heavy atom. The van der Waals surface area contributed by atoms with Gasteiger partial charge < -0.3 is 20.4 Å². The van der Waals surface area contributed by atoms with Gasteiger partial charge in [-0.25, -0.2) is 4.79 Å². The van der Waals surface area contributed by atoms with E-state index in [-0.39, 0.29) is 0 Å². The van der Waals surface area contributed by atoms with Crippen LogP contribution in [0.4, 0.5) is 4.79 Å². The fourth-order valence-electron chi connectivity index (χ4n) is 2.11. The highest BCUT2D eigenvalue weighted by molar-refractivity contribution is 5.65. The van der Waals surface area contributed by atoms with Crippen molar-refractivity contribution in [1.82, 2.24) is 10.2 Å². The van der Waals surface area contributed by atoms with Gasteiger partial charge in [0.1, 0.15) is 0 Å². The highest BCUT2D eigenvalue weighted by Crippen LogP contribution is 2.29. The zero-order valence-corrected chi connectivity index (χ0v) is 11.0. The van der Waals surface area contributed by atoms with Crippen molar-refractivity contribution in [2.45, 2.75) is 50.7 Å². The highest BCUT2D eigenvalue weighted by atomic mass is 16.4. The van der Waals surface area contributed by atoms with Crippen molar-refractivity contribution in [1.29, 1.82) is 0 Å². The first-order valence-corrected chi connectivity index (χ1v) is 6.17. The SMILES string of the molecule is CN(C(=O)O)C(C)(C)CCC1(O)CCNCC1. The molecular formula is C12H24N2O3. The molecule has 100 valence electrons. The molecule has 1 aliphatic rings. The molecule has 3 N–H and O–H groups in total. The van der Waals surface area contributed by atoms with Crippen LogP contribution in [0.5, 0.6) is 0 Å². The van der Waals surface area contributed by atoms with E-state index in [2.05, 4.69) is 5.32 Å². The lowest BCUT2D eigenvalue weighted by Gasteiger charge is -2.38. The average molecular weight is 244 g/mol. The van der Waals surface area contributed by atoms with Crippen molar-refractivity contribution in [3.05, 3.63) is 0 Å². The number of hydrogen-bond donors (Lipinski definition) is 3. The zero-order chi connectivity index (χ0) is 13.1. The summed E-state index contributed by atoms with van der Waals surface area (Å²) in [5.41, 5.74) is -1.06. The first kappa shape index (κ1) is 14.3. The Hall–Kier alpha value is -0.810. The molecule has 1 heterocycles. The molecule has 0 atom stereocenters. The Bertz CT molecular complexity index is 273. The number of hydrogen-bond acceptors (Lipinski definition) is 3. The molecule has 5 nitrogen and oxygen atoms in total. The summed E-state index contributed by atoms with van der Waals surface area (Å²) in [6.07, 6.45) is 1.90. The summed E-state index contributed by atoms with van der Waals surface area (Å²) < 4.78 is 0. The van der Waals surface area contributed by atoms with E-state index in [1.165, 1.54) is 4.90 Å². The molecule has 0 saturated carbocycles. The molecule has 5 heteroatoms. The number of aliphatic hydroxyl groups is 1. The summed E-state index contributed by atoms with van der Waals surface area (Å²) >= 11 is 0. The number of nitrogens with one attached hydrogen (secondary N) is 1. The van der Waals surface area contributed by atoms with Crippen molar-refractivity contribution < 1.29 is 15.0 Å². The van der Waals surface area contributed by atoms with Gasteiger partial charge in [-0.15, -0.1) is 0 Å². The average Bonchev–Trinajstić information content (AvgIpc) is 2.27. The molecule has 1 saturated heterocycles. The van der Waals surface area contributed by atoms with Crippen LogP contribution in [0.3, 0.4) is 0 Å². The first-order valence-electron chi connectivity index (χ1n) is 6.17. The summed E-state index contributed by atoms with van der Waals surface area (Å²) in [6.45, 7) is 5.47. The predicted molar refractivity (Wildman–Crippen MR) is 66.2 cm³/mol. The van der Waals surface area contributed by atoms with Gasteiger partial charge in [-0.3, -0.25) is 0 Å². The molecule has 1 aliphatic heterocycles. The Kier molecular flexibility index (Phi) is 4.38. The summed E-state index contributed by atoms with van der Waals surface area (Å²) in [4.78, 5) is 12.2. The van der Waals surface area contributed by atoms with Crippen molar-refractivity contribution in [2.75, 3.05) is 20.1 Å². The number of nitrogens with zero attached hydrogens (tertiary/aromatic N) is 1. The molecular weight excluding hydrogens is 220 g/mol. The summed E-state index contributed by atoms with van der Waals surface area (Å²) in [6, 6.07) is 0. The lowest BCUT2D eigenvalue weighted by atomic mass is 9.83. The Balaban J connectivity index is 2.50. The monoisotopic (exact) mass is 244 g/mol. The van der Waals surface area contributed by atoms with Crippen LogP contribution in [0.2, 0.25) is 0 Å².